The first-order valence-corrected chi connectivity index (χ1v) is 10.2. The van der Waals surface area contributed by atoms with Gasteiger partial charge in [-0.3, -0.25) is 4.79 Å². The number of benzene rings is 2. The van der Waals surface area contributed by atoms with Crippen molar-refractivity contribution in [2.24, 2.45) is 0 Å². The van der Waals surface area contributed by atoms with E-state index in [0.717, 1.165) is 0 Å². The van der Waals surface area contributed by atoms with E-state index in [1.807, 2.05) is 4.90 Å². The quantitative estimate of drug-likeness (QED) is 0.819. The summed E-state index contributed by atoms with van der Waals surface area (Å²) >= 11 is 0. The molecule has 0 radical (unpaired) electrons. The van der Waals surface area contributed by atoms with E-state index in [9.17, 15) is 17.6 Å². The van der Waals surface area contributed by atoms with Gasteiger partial charge in [0, 0.05) is 39.1 Å². The highest BCUT2D eigenvalue weighted by Crippen LogP contribution is 2.17. The first kappa shape index (κ1) is 19.5. The maximum absolute atomic E-state index is 13.6. The molecule has 0 atom stereocenters. The first-order chi connectivity index (χ1) is 13.0. The molecule has 144 valence electrons. The summed E-state index contributed by atoms with van der Waals surface area (Å²) < 4.78 is 40.2. The van der Waals surface area contributed by atoms with E-state index in [1.165, 1.54) is 16.4 Å². The standard InChI is InChI=1S/C19H22FN3O3S/c20-17-8-4-5-9-18(17)21-19(24)10-11-22-12-14-23(15-13-22)27(25,26)16-6-2-1-3-7-16/h1-9H,10-15H2,(H,21,24). The Kier molecular flexibility index (Phi) is 6.20. The number of nitrogens with zero attached hydrogens (tertiary/aromatic N) is 2. The molecule has 1 aliphatic rings. The summed E-state index contributed by atoms with van der Waals surface area (Å²) in [5.74, 6) is -0.731. The van der Waals surface area contributed by atoms with Crippen molar-refractivity contribution in [2.45, 2.75) is 11.3 Å². The Balaban J connectivity index is 1.47. The number of hydrogen-bond acceptors (Lipinski definition) is 4. The van der Waals surface area contributed by atoms with Crippen molar-refractivity contribution >= 4 is 21.6 Å². The minimum atomic E-state index is -3.48. The lowest BCUT2D eigenvalue weighted by atomic mass is 10.2. The van der Waals surface area contributed by atoms with E-state index in [4.69, 9.17) is 0 Å². The number of amides is 1. The molecule has 2 aromatic carbocycles. The van der Waals surface area contributed by atoms with Gasteiger partial charge in [0.25, 0.3) is 0 Å². The van der Waals surface area contributed by atoms with Crippen molar-refractivity contribution in [1.29, 1.82) is 0 Å². The highest BCUT2D eigenvalue weighted by Gasteiger charge is 2.28. The van der Waals surface area contributed by atoms with Crippen LogP contribution in [0.3, 0.4) is 0 Å². The lowest BCUT2D eigenvalue weighted by Crippen LogP contribution is -2.49. The second kappa shape index (κ2) is 8.60. The molecule has 1 saturated heterocycles. The summed E-state index contributed by atoms with van der Waals surface area (Å²) in [7, 11) is -3.48. The summed E-state index contributed by atoms with van der Waals surface area (Å²) in [5, 5.41) is 2.56. The third-order valence-electron chi connectivity index (χ3n) is 4.52. The van der Waals surface area contributed by atoms with Crippen LogP contribution in [0, 0.1) is 5.82 Å². The van der Waals surface area contributed by atoms with Gasteiger partial charge in [0.2, 0.25) is 15.9 Å². The summed E-state index contributed by atoms with van der Waals surface area (Å²) in [5.41, 5.74) is 0.168. The van der Waals surface area contributed by atoms with Crippen molar-refractivity contribution in [2.75, 3.05) is 38.0 Å². The fourth-order valence-corrected chi connectivity index (χ4v) is 4.41. The molecule has 0 bridgehead atoms. The number of carbonyl (C=O) groups is 1. The smallest absolute Gasteiger partial charge is 0.243 e. The van der Waals surface area contributed by atoms with Gasteiger partial charge in [-0.1, -0.05) is 30.3 Å². The molecule has 1 amide bonds. The summed E-state index contributed by atoms with van der Waals surface area (Å²) in [6, 6.07) is 14.4. The second-order valence-electron chi connectivity index (χ2n) is 6.34. The molecular weight excluding hydrogens is 369 g/mol. The molecule has 1 aliphatic heterocycles. The van der Waals surface area contributed by atoms with Gasteiger partial charge < -0.3 is 10.2 Å². The largest absolute Gasteiger partial charge is 0.324 e. The SMILES string of the molecule is O=C(CCN1CCN(S(=O)(=O)c2ccccc2)CC1)Nc1ccccc1F. The molecule has 27 heavy (non-hydrogen) atoms. The van der Waals surface area contributed by atoms with Crippen molar-refractivity contribution in [3.63, 3.8) is 0 Å². The highest BCUT2D eigenvalue weighted by molar-refractivity contribution is 7.89. The summed E-state index contributed by atoms with van der Waals surface area (Å²) in [6.07, 6.45) is 0.222. The van der Waals surface area contributed by atoms with Crippen LogP contribution in [-0.2, 0) is 14.8 Å². The molecule has 0 spiro atoms. The minimum Gasteiger partial charge on any atom is -0.324 e. The number of halogens is 1. The zero-order valence-electron chi connectivity index (χ0n) is 14.8. The van der Waals surface area contributed by atoms with Gasteiger partial charge >= 0.3 is 0 Å². The molecular formula is C19H22FN3O3S. The topological polar surface area (TPSA) is 69.7 Å². The molecule has 0 unspecified atom stereocenters. The molecule has 8 heteroatoms. The van der Waals surface area contributed by atoms with Crippen LogP contribution in [0.15, 0.2) is 59.5 Å². The monoisotopic (exact) mass is 391 g/mol. The number of sulfonamides is 1. The molecule has 1 fully saturated rings. The van der Waals surface area contributed by atoms with Gasteiger partial charge in [0.05, 0.1) is 10.6 Å². The van der Waals surface area contributed by atoms with Crippen LogP contribution in [0.2, 0.25) is 0 Å². The van der Waals surface area contributed by atoms with Gasteiger partial charge in [-0.05, 0) is 24.3 Å². The first-order valence-electron chi connectivity index (χ1n) is 8.79. The van der Waals surface area contributed by atoms with Crippen LogP contribution >= 0.6 is 0 Å². The predicted octanol–water partition coefficient (Wildman–Crippen LogP) is 2.16. The Morgan fingerprint density at radius 3 is 2.26 bits per heavy atom. The Morgan fingerprint density at radius 2 is 1.59 bits per heavy atom. The third-order valence-corrected chi connectivity index (χ3v) is 6.43. The average molecular weight is 391 g/mol. The Labute approximate surface area is 158 Å². The average Bonchev–Trinajstić information content (AvgIpc) is 2.69. The zero-order valence-corrected chi connectivity index (χ0v) is 15.7. The van der Waals surface area contributed by atoms with E-state index in [2.05, 4.69) is 5.32 Å². The van der Waals surface area contributed by atoms with Gasteiger partial charge in [-0.15, -0.1) is 0 Å². The van der Waals surface area contributed by atoms with E-state index >= 15 is 0 Å². The summed E-state index contributed by atoms with van der Waals surface area (Å²) in [4.78, 5) is 14.3. The fraction of sp³-hybridized carbons (Fsp3) is 0.316. The van der Waals surface area contributed by atoms with Gasteiger partial charge in [-0.25, -0.2) is 12.8 Å². The maximum atomic E-state index is 13.6. The Hall–Kier alpha value is -2.29. The van der Waals surface area contributed by atoms with Gasteiger partial charge in [-0.2, -0.15) is 4.31 Å². The molecule has 2 aromatic rings. The molecule has 0 saturated carbocycles. The molecule has 0 aliphatic carbocycles. The highest BCUT2D eigenvalue weighted by atomic mass is 32.2. The fourth-order valence-electron chi connectivity index (χ4n) is 2.97. The predicted molar refractivity (Wildman–Crippen MR) is 101 cm³/mol. The maximum Gasteiger partial charge on any atom is 0.243 e. The number of carbonyl (C=O) groups excluding carboxylic acids is 1. The van der Waals surface area contributed by atoms with Crippen molar-refractivity contribution in [1.82, 2.24) is 9.21 Å². The lowest BCUT2D eigenvalue weighted by Gasteiger charge is -2.33. The van der Waals surface area contributed by atoms with Crippen LogP contribution < -0.4 is 5.32 Å². The number of hydrogen-bond donors (Lipinski definition) is 1. The van der Waals surface area contributed by atoms with Gasteiger partial charge in [0.1, 0.15) is 5.82 Å². The number of rotatable bonds is 6. The van der Waals surface area contributed by atoms with Crippen LogP contribution in [0.25, 0.3) is 0 Å². The normalized spacial score (nSPS) is 16.2. The number of para-hydroxylation sites is 1. The number of nitrogens with one attached hydrogen (secondary N) is 1. The van der Waals surface area contributed by atoms with E-state index in [1.54, 1.807) is 42.5 Å². The van der Waals surface area contributed by atoms with Gasteiger partial charge in [0.15, 0.2) is 0 Å². The molecule has 1 N–H and O–H groups in total. The van der Waals surface area contributed by atoms with Crippen LogP contribution in [0.1, 0.15) is 6.42 Å². The van der Waals surface area contributed by atoms with E-state index in [0.29, 0.717) is 37.6 Å². The second-order valence-corrected chi connectivity index (χ2v) is 8.27. The lowest BCUT2D eigenvalue weighted by molar-refractivity contribution is -0.116. The van der Waals surface area contributed by atoms with Crippen molar-refractivity contribution in [3.05, 3.63) is 60.4 Å². The molecule has 3 rings (SSSR count). The molecule has 1 heterocycles. The van der Waals surface area contributed by atoms with Crippen LogP contribution in [0.5, 0.6) is 0 Å². The summed E-state index contributed by atoms with van der Waals surface area (Å²) in [6.45, 7) is 2.37. The molecule has 0 aromatic heterocycles. The Bertz CT molecular complexity index is 882. The minimum absolute atomic E-state index is 0.168. The number of anilines is 1. The third kappa shape index (κ3) is 4.91. The van der Waals surface area contributed by atoms with E-state index < -0.39 is 15.8 Å². The molecule has 6 nitrogen and oxygen atoms in total. The Morgan fingerprint density at radius 1 is 0.963 bits per heavy atom. The van der Waals surface area contributed by atoms with Crippen LogP contribution in [-0.4, -0.2) is 56.3 Å². The van der Waals surface area contributed by atoms with Crippen LogP contribution in [0.4, 0.5) is 10.1 Å². The zero-order chi connectivity index (χ0) is 19.3. The van der Waals surface area contributed by atoms with Crippen molar-refractivity contribution in [3.8, 4) is 0 Å². The van der Waals surface area contributed by atoms with Crippen molar-refractivity contribution < 1.29 is 17.6 Å². The van der Waals surface area contributed by atoms with E-state index in [-0.39, 0.29) is 18.0 Å². The number of piperazine rings is 1.